The molecule has 1 atom stereocenters. The predicted octanol–water partition coefficient (Wildman–Crippen LogP) is 0.781. The summed E-state index contributed by atoms with van der Waals surface area (Å²) in [4.78, 5) is 11.8. The van der Waals surface area contributed by atoms with Crippen molar-refractivity contribution in [2.45, 2.75) is 26.4 Å². The zero-order valence-electron chi connectivity index (χ0n) is 10.2. The third-order valence-corrected chi connectivity index (χ3v) is 2.49. The van der Waals surface area contributed by atoms with E-state index in [-0.39, 0.29) is 11.6 Å². The number of ether oxygens (including phenoxy) is 1. The fraction of sp³-hybridized carbons (Fsp3) is 0.583. The monoisotopic (exact) mass is 224 g/mol. The van der Waals surface area contributed by atoms with Gasteiger partial charge in [-0.3, -0.25) is 4.79 Å². The topological polar surface area (TPSA) is 43.3 Å². The molecule has 0 radical (unpaired) electrons. The number of pyridine rings is 1. The summed E-state index contributed by atoms with van der Waals surface area (Å²) in [5.74, 6) is 0. The summed E-state index contributed by atoms with van der Waals surface area (Å²) in [5, 5.41) is 3.29. The number of hydrogen-bond donors (Lipinski definition) is 1. The van der Waals surface area contributed by atoms with E-state index in [0.29, 0.717) is 13.2 Å². The van der Waals surface area contributed by atoms with Gasteiger partial charge in [-0.05, 0) is 19.5 Å². The standard InChI is InChI=1S/C12H20N2O2/c1-4-13-11(9-16-3)8-14-7-5-6-10(2)12(14)15/h5-7,11,13H,4,8-9H2,1-3H3. The maximum Gasteiger partial charge on any atom is 0.253 e. The lowest BCUT2D eigenvalue weighted by Crippen LogP contribution is -2.39. The average molecular weight is 224 g/mol. The first-order chi connectivity index (χ1) is 7.69. The van der Waals surface area contributed by atoms with Crippen molar-refractivity contribution in [3.05, 3.63) is 34.2 Å². The van der Waals surface area contributed by atoms with Crippen LogP contribution < -0.4 is 10.9 Å². The van der Waals surface area contributed by atoms with Crippen LogP contribution in [0.25, 0.3) is 0 Å². The number of aryl methyl sites for hydroxylation is 1. The number of hydrogen-bond acceptors (Lipinski definition) is 3. The van der Waals surface area contributed by atoms with Crippen LogP contribution in [0, 0.1) is 6.92 Å². The maximum atomic E-state index is 11.8. The van der Waals surface area contributed by atoms with Crippen LogP contribution in [-0.4, -0.2) is 30.9 Å². The first kappa shape index (κ1) is 12.9. The second kappa shape index (κ2) is 6.45. The SMILES string of the molecule is CCNC(COC)Cn1cccc(C)c1=O. The fourth-order valence-corrected chi connectivity index (χ4v) is 1.70. The van der Waals surface area contributed by atoms with E-state index < -0.39 is 0 Å². The molecule has 4 heteroatoms. The van der Waals surface area contributed by atoms with E-state index in [2.05, 4.69) is 5.32 Å². The van der Waals surface area contributed by atoms with Crippen molar-refractivity contribution >= 4 is 0 Å². The van der Waals surface area contributed by atoms with E-state index in [9.17, 15) is 4.79 Å². The van der Waals surface area contributed by atoms with E-state index in [1.807, 2.05) is 32.2 Å². The fourth-order valence-electron chi connectivity index (χ4n) is 1.70. The number of nitrogens with one attached hydrogen (secondary N) is 1. The average Bonchev–Trinajstić information content (AvgIpc) is 2.25. The Morgan fingerprint density at radius 1 is 1.56 bits per heavy atom. The third-order valence-electron chi connectivity index (χ3n) is 2.49. The Balaban J connectivity index is 2.76. The van der Waals surface area contributed by atoms with Crippen LogP contribution in [0.4, 0.5) is 0 Å². The van der Waals surface area contributed by atoms with Gasteiger partial charge in [-0.1, -0.05) is 13.0 Å². The van der Waals surface area contributed by atoms with Crippen molar-refractivity contribution in [2.24, 2.45) is 0 Å². The van der Waals surface area contributed by atoms with E-state index in [1.54, 1.807) is 11.7 Å². The van der Waals surface area contributed by atoms with Crippen molar-refractivity contribution in [1.82, 2.24) is 9.88 Å². The molecule has 1 rings (SSSR count). The van der Waals surface area contributed by atoms with Gasteiger partial charge in [0, 0.05) is 31.5 Å². The summed E-state index contributed by atoms with van der Waals surface area (Å²) >= 11 is 0. The minimum absolute atomic E-state index is 0.0708. The van der Waals surface area contributed by atoms with Gasteiger partial charge in [0.1, 0.15) is 0 Å². The van der Waals surface area contributed by atoms with Crippen LogP contribution >= 0.6 is 0 Å². The van der Waals surface area contributed by atoms with Gasteiger partial charge >= 0.3 is 0 Å². The second-order valence-corrected chi connectivity index (χ2v) is 3.86. The van der Waals surface area contributed by atoms with Crippen molar-refractivity contribution in [3.8, 4) is 0 Å². The normalized spacial score (nSPS) is 12.7. The van der Waals surface area contributed by atoms with Gasteiger partial charge in [0.05, 0.1) is 6.61 Å². The largest absolute Gasteiger partial charge is 0.383 e. The number of nitrogens with zero attached hydrogens (tertiary/aromatic N) is 1. The molecule has 0 bridgehead atoms. The highest BCUT2D eigenvalue weighted by Gasteiger charge is 2.08. The maximum absolute atomic E-state index is 11.8. The molecule has 0 aromatic carbocycles. The Morgan fingerprint density at radius 2 is 2.31 bits per heavy atom. The summed E-state index contributed by atoms with van der Waals surface area (Å²) in [7, 11) is 1.67. The van der Waals surface area contributed by atoms with Crippen molar-refractivity contribution in [3.63, 3.8) is 0 Å². The van der Waals surface area contributed by atoms with Gasteiger partial charge in [0.15, 0.2) is 0 Å². The summed E-state index contributed by atoms with van der Waals surface area (Å²) in [5.41, 5.74) is 0.844. The highest BCUT2D eigenvalue weighted by molar-refractivity contribution is 5.07. The van der Waals surface area contributed by atoms with E-state index in [0.717, 1.165) is 12.1 Å². The second-order valence-electron chi connectivity index (χ2n) is 3.86. The molecule has 1 aromatic heterocycles. The van der Waals surface area contributed by atoms with Crippen LogP contribution in [0.15, 0.2) is 23.1 Å². The molecule has 4 nitrogen and oxygen atoms in total. The van der Waals surface area contributed by atoms with Gasteiger partial charge in [-0.25, -0.2) is 0 Å². The number of aromatic nitrogens is 1. The summed E-state index contributed by atoms with van der Waals surface area (Å²) in [6.45, 7) is 5.99. The Kier molecular flexibility index (Phi) is 5.22. The summed E-state index contributed by atoms with van der Waals surface area (Å²) in [6.07, 6.45) is 1.81. The zero-order valence-corrected chi connectivity index (χ0v) is 10.2. The number of rotatable bonds is 6. The highest BCUT2D eigenvalue weighted by atomic mass is 16.5. The first-order valence-electron chi connectivity index (χ1n) is 5.57. The molecule has 0 aliphatic carbocycles. The van der Waals surface area contributed by atoms with Gasteiger partial charge in [-0.15, -0.1) is 0 Å². The third kappa shape index (κ3) is 3.47. The minimum atomic E-state index is 0.0708. The molecule has 1 unspecified atom stereocenters. The lowest BCUT2D eigenvalue weighted by molar-refractivity contribution is 0.159. The molecule has 1 heterocycles. The van der Waals surface area contributed by atoms with Gasteiger partial charge in [0.2, 0.25) is 0 Å². The Hall–Kier alpha value is -1.13. The van der Waals surface area contributed by atoms with Crippen LogP contribution in [0.1, 0.15) is 12.5 Å². The van der Waals surface area contributed by atoms with E-state index in [1.165, 1.54) is 0 Å². The molecule has 0 fully saturated rings. The van der Waals surface area contributed by atoms with Crippen LogP contribution in [-0.2, 0) is 11.3 Å². The molecule has 0 amide bonds. The van der Waals surface area contributed by atoms with E-state index >= 15 is 0 Å². The van der Waals surface area contributed by atoms with Crippen molar-refractivity contribution < 1.29 is 4.74 Å². The van der Waals surface area contributed by atoms with E-state index in [4.69, 9.17) is 4.74 Å². The summed E-state index contributed by atoms with van der Waals surface area (Å²) in [6, 6.07) is 3.90. The van der Waals surface area contributed by atoms with Crippen molar-refractivity contribution in [2.75, 3.05) is 20.3 Å². The molecule has 0 spiro atoms. The van der Waals surface area contributed by atoms with Crippen LogP contribution in [0.3, 0.4) is 0 Å². The van der Waals surface area contributed by atoms with Crippen LogP contribution in [0.2, 0.25) is 0 Å². The van der Waals surface area contributed by atoms with Gasteiger partial charge in [-0.2, -0.15) is 0 Å². The quantitative estimate of drug-likeness (QED) is 0.776. The first-order valence-corrected chi connectivity index (χ1v) is 5.57. The molecule has 0 saturated heterocycles. The smallest absolute Gasteiger partial charge is 0.253 e. The molecule has 1 N–H and O–H groups in total. The predicted molar refractivity (Wildman–Crippen MR) is 64.8 cm³/mol. The molecule has 0 saturated carbocycles. The Bertz CT molecular complexity index is 368. The Labute approximate surface area is 96.2 Å². The van der Waals surface area contributed by atoms with Gasteiger partial charge < -0.3 is 14.6 Å². The molecule has 90 valence electrons. The van der Waals surface area contributed by atoms with Crippen LogP contribution in [0.5, 0.6) is 0 Å². The molecule has 1 aromatic rings. The number of methoxy groups -OCH3 is 1. The molecule has 0 aliphatic rings. The molecular formula is C12H20N2O2. The minimum Gasteiger partial charge on any atom is -0.383 e. The highest BCUT2D eigenvalue weighted by Crippen LogP contribution is 1.93. The van der Waals surface area contributed by atoms with Gasteiger partial charge in [0.25, 0.3) is 5.56 Å². The zero-order chi connectivity index (χ0) is 12.0. The summed E-state index contributed by atoms with van der Waals surface area (Å²) < 4.78 is 6.84. The van der Waals surface area contributed by atoms with Crippen molar-refractivity contribution in [1.29, 1.82) is 0 Å². The Morgan fingerprint density at radius 3 is 2.94 bits per heavy atom. The lowest BCUT2D eigenvalue weighted by atomic mass is 10.2. The number of likely N-dealkylation sites (N-methyl/N-ethyl adjacent to an activating group) is 1. The molecule has 16 heavy (non-hydrogen) atoms. The lowest BCUT2D eigenvalue weighted by Gasteiger charge is -2.18. The molecule has 0 aliphatic heterocycles. The molecular weight excluding hydrogens is 204 g/mol.